The molecule has 1 aromatic carbocycles. The van der Waals surface area contributed by atoms with Crippen molar-refractivity contribution in [2.75, 3.05) is 30.9 Å². The monoisotopic (exact) mass is 329 g/mol. The first-order chi connectivity index (χ1) is 11.3. The second-order valence-electron chi connectivity index (χ2n) is 5.61. The number of primary amides is 1. The third-order valence-corrected chi connectivity index (χ3v) is 3.54. The van der Waals surface area contributed by atoms with E-state index in [0.29, 0.717) is 12.4 Å². The van der Waals surface area contributed by atoms with E-state index in [-0.39, 0.29) is 11.3 Å². The fourth-order valence-electron chi connectivity index (χ4n) is 2.31. The highest BCUT2D eigenvalue weighted by Crippen LogP contribution is 2.23. The first kappa shape index (κ1) is 17.2. The van der Waals surface area contributed by atoms with Crippen LogP contribution in [0.15, 0.2) is 36.5 Å². The van der Waals surface area contributed by atoms with Crippen molar-refractivity contribution in [3.05, 3.63) is 57.8 Å². The van der Waals surface area contributed by atoms with Crippen molar-refractivity contribution in [1.29, 1.82) is 0 Å². The van der Waals surface area contributed by atoms with Gasteiger partial charge in [-0.1, -0.05) is 12.1 Å². The molecule has 1 heterocycles. The fraction of sp³-hybridized carbons (Fsp3) is 0.250. The Morgan fingerprint density at radius 1 is 1.29 bits per heavy atom. The van der Waals surface area contributed by atoms with Crippen molar-refractivity contribution in [2.45, 2.75) is 6.54 Å². The topological polar surface area (TPSA) is 106 Å². The van der Waals surface area contributed by atoms with Crippen LogP contribution in [0.25, 0.3) is 0 Å². The number of benzene rings is 1. The lowest BCUT2D eigenvalue weighted by Crippen LogP contribution is -2.23. The molecule has 8 heteroatoms. The number of anilines is 2. The molecule has 0 radical (unpaired) electrons. The summed E-state index contributed by atoms with van der Waals surface area (Å²) >= 11 is 0. The first-order valence-electron chi connectivity index (χ1n) is 7.21. The molecule has 0 atom stereocenters. The van der Waals surface area contributed by atoms with Crippen LogP contribution in [-0.2, 0) is 6.54 Å². The van der Waals surface area contributed by atoms with E-state index in [4.69, 9.17) is 5.73 Å². The molecule has 2 N–H and O–H groups in total. The van der Waals surface area contributed by atoms with E-state index >= 15 is 0 Å². The van der Waals surface area contributed by atoms with E-state index < -0.39 is 10.8 Å². The summed E-state index contributed by atoms with van der Waals surface area (Å²) in [6, 6.07) is 9.06. The Kier molecular flexibility index (Phi) is 4.98. The summed E-state index contributed by atoms with van der Waals surface area (Å²) in [5.74, 6) is -0.446. The van der Waals surface area contributed by atoms with Crippen LogP contribution in [0.1, 0.15) is 15.9 Å². The number of amides is 1. The number of nitrogens with two attached hydrogens (primary N) is 1. The molecular formula is C16H19N5O3. The highest BCUT2D eigenvalue weighted by Gasteiger charge is 2.19. The van der Waals surface area contributed by atoms with Crippen molar-refractivity contribution >= 4 is 23.1 Å². The Labute approximate surface area is 139 Å². The molecule has 0 aliphatic rings. The third-order valence-electron chi connectivity index (χ3n) is 3.54. The maximum Gasteiger partial charge on any atom is 0.288 e. The molecule has 8 nitrogen and oxygen atoms in total. The number of pyridine rings is 1. The zero-order chi connectivity index (χ0) is 17.9. The molecule has 0 saturated heterocycles. The molecule has 2 aromatic rings. The van der Waals surface area contributed by atoms with Crippen molar-refractivity contribution in [3.8, 4) is 0 Å². The van der Waals surface area contributed by atoms with Gasteiger partial charge in [-0.25, -0.2) is 4.98 Å². The normalized spacial score (nSPS) is 10.3. The molecule has 0 unspecified atom stereocenters. The van der Waals surface area contributed by atoms with Crippen molar-refractivity contribution in [3.63, 3.8) is 0 Å². The Bertz CT molecular complexity index is 776. The number of aromatic nitrogens is 1. The minimum absolute atomic E-state index is 0.0236. The number of carbonyl (C=O) groups excluding carboxylic acids is 1. The Hall–Kier alpha value is -3.16. The molecule has 2 rings (SSSR count). The second kappa shape index (κ2) is 6.95. The minimum atomic E-state index is -0.755. The Morgan fingerprint density at radius 3 is 2.58 bits per heavy atom. The van der Waals surface area contributed by atoms with Gasteiger partial charge in [-0.3, -0.25) is 14.9 Å². The fourth-order valence-corrected chi connectivity index (χ4v) is 2.31. The minimum Gasteiger partial charge on any atom is -0.378 e. The molecule has 0 aliphatic heterocycles. The van der Waals surface area contributed by atoms with Crippen LogP contribution in [0.5, 0.6) is 0 Å². The van der Waals surface area contributed by atoms with Crippen LogP contribution in [0.4, 0.5) is 17.2 Å². The number of rotatable bonds is 6. The number of nitrogens with zero attached hydrogens (tertiary/aromatic N) is 4. The second-order valence-corrected chi connectivity index (χ2v) is 5.61. The van der Waals surface area contributed by atoms with Gasteiger partial charge in [-0.2, -0.15) is 0 Å². The number of hydrogen-bond donors (Lipinski definition) is 1. The predicted octanol–water partition coefficient (Wildman–Crippen LogP) is 1.79. The highest BCUT2D eigenvalue weighted by molar-refractivity contribution is 5.98. The first-order valence-corrected chi connectivity index (χ1v) is 7.21. The van der Waals surface area contributed by atoms with Gasteiger partial charge in [0.1, 0.15) is 12.0 Å². The molecule has 126 valence electrons. The summed E-state index contributed by atoms with van der Waals surface area (Å²) in [6.07, 6.45) is 1.12. The van der Waals surface area contributed by atoms with Crippen LogP contribution in [0.2, 0.25) is 0 Å². The van der Waals surface area contributed by atoms with Gasteiger partial charge in [0.25, 0.3) is 11.6 Å². The average molecular weight is 329 g/mol. The predicted molar refractivity (Wildman–Crippen MR) is 92.3 cm³/mol. The van der Waals surface area contributed by atoms with Crippen molar-refractivity contribution in [1.82, 2.24) is 4.98 Å². The van der Waals surface area contributed by atoms with Crippen molar-refractivity contribution in [2.24, 2.45) is 5.73 Å². The molecule has 0 spiro atoms. The Morgan fingerprint density at radius 2 is 2.00 bits per heavy atom. The van der Waals surface area contributed by atoms with E-state index in [1.165, 1.54) is 0 Å². The maximum atomic E-state index is 11.6. The van der Waals surface area contributed by atoms with Gasteiger partial charge < -0.3 is 15.5 Å². The number of hydrogen-bond acceptors (Lipinski definition) is 6. The van der Waals surface area contributed by atoms with Gasteiger partial charge in [0.2, 0.25) is 0 Å². The lowest BCUT2D eigenvalue weighted by atomic mass is 10.1. The molecule has 0 aliphatic carbocycles. The summed E-state index contributed by atoms with van der Waals surface area (Å²) < 4.78 is 0. The average Bonchev–Trinajstić information content (AvgIpc) is 2.54. The van der Waals surface area contributed by atoms with E-state index in [2.05, 4.69) is 4.98 Å². The molecule has 1 aromatic heterocycles. The molecule has 0 fully saturated rings. The van der Waals surface area contributed by atoms with Crippen LogP contribution >= 0.6 is 0 Å². The van der Waals surface area contributed by atoms with Gasteiger partial charge in [0.15, 0.2) is 0 Å². The van der Waals surface area contributed by atoms with E-state index in [1.54, 1.807) is 11.9 Å². The van der Waals surface area contributed by atoms with Crippen LogP contribution < -0.4 is 15.5 Å². The van der Waals surface area contributed by atoms with Crippen LogP contribution in [0.3, 0.4) is 0 Å². The molecule has 0 saturated carbocycles. The van der Waals surface area contributed by atoms with Crippen LogP contribution in [0, 0.1) is 10.1 Å². The molecular weight excluding hydrogens is 310 g/mol. The van der Waals surface area contributed by atoms with E-state index in [1.807, 2.05) is 43.3 Å². The van der Waals surface area contributed by atoms with Gasteiger partial charge >= 0.3 is 0 Å². The van der Waals surface area contributed by atoms with E-state index in [9.17, 15) is 14.9 Å². The number of nitro groups is 1. The SMILES string of the molecule is CN(C)c1cccc(CN(C)c2ncc([N+](=O)[O-])cc2C(N)=O)c1. The molecule has 24 heavy (non-hydrogen) atoms. The van der Waals surface area contributed by atoms with Gasteiger partial charge in [0, 0.05) is 39.4 Å². The molecule has 0 bridgehead atoms. The summed E-state index contributed by atoms with van der Waals surface area (Å²) in [6.45, 7) is 0.479. The third kappa shape index (κ3) is 3.78. The summed E-state index contributed by atoms with van der Waals surface area (Å²) in [4.78, 5) is 29.6. The largest absolute Gasteiger partial charge is 0.378 e. The van der Waals surface area contributed by atoms with Crippen LogP contribution in [-0.4, -0.2) is 37.0 Å². The summed E-state index contributed by atoms with van der Waals surface area (Å²) in [7, 11) is 5.65. The number of carbonyl (C=O) groups is 1. The molecule has 1 amide bonds. The zero-order valence-electron chi connectivity index (χ0n) is 13.8. The quantitative estimate of drug-likeness (QED) is 0.640. The summed E-state index contributed by atoms with van der Waals surface area (Å²) in [5, 5.41) is 10.8. The smallest absolute Gasteiger partial charge is 0.288 e. The maximum absolute atomic E-state index is 11.6. The zero-order valence-corrected chi connectivity index (χ0v) is 13.8. The van der Waals surface area contributed by atoms with E-state index in [0.717, 1.165) is 23.5 Å². The lowest BCUT2D eigenvalue weighted by molar-refractivity contribution is -0.385. The van der Waals surface area contributed by atoms with Crippen molar-refractivity contribution < 1.29 is 9.72 Å². The van der Waals surface area contributed by atoms with Gasteiger partial charge in [-0.15, -0.1) is 0 Å². The van der Waals surface area contributed by atoms with Gasteiger partial charge in [-0.05, 0) is 17.7 Å². The standard InChI is InChI=1S/C16H19N5O3/c1-19(2)12-6-4-5-11(7-12)10-20(3)16-14(15(17)22)8-13(9-18-16)21(23)24/h4-9H,10H2,1-3H3,(H2,17,22). The lowest BCUT2D eigenvalue weighted by Gasteiger charge is -2.21. The Balaban J connectivity index is 2.32. The highest BCUT2D eigenvalue weighted by atomic mass is 16.6. The van der Waals surface area contributed by atoms with Gasteiger partial charge in [0.05, 0.1) is 10.5 Å². The summed E-state index contributed by atoms with van der Waals surface area (Å²) in [5.41, 5.74) is 7.16.